The predicted molar refractivity (Wildman–Crippen MR) is 87.2 cm³/mol. The molecular formula is C15H23BN2O4. The molecule has 0 spiro atoms. The summed E-state index contributed by atoms with van der Waals surface area (Å²) in [5.41, 5.74) is 7.03. The number of carbonyl (C=O) groups excluding carboxylic acids is 1. The predicted octanol–water partition coefficient (Wildman–Crippen LogP) is 2.14. The molecule has 1 aliphatic heterocycles. The van der Waals surface area contributed by atoms with Crippen LogP contribution in [-0.2, 0) is 14.0 Å². The van der Waals surface area contributed by atoms with Crippen molar-refractivity contribution < 1.29 is 18.8 Å². The first-order chi connectivity index (χ1) is 10.2. The van der Waals surface area contributed by atoms with E-state index in [2.05, 4.69) is 5.32 Å². The van der Waals surface area contributed by atoms with Gasteiger partial charge in [0.1, 0.15) is 0 Å². The zero-order chi connectivity index (χ0) is 16.5. The quantitative estimate of drug-likeness (QED) is 0.660. The van der Waals surface area contributed by atoms with Gasteiger partial charge in [0.05, 0.1) is 17.8 Å². The van der Waals surface area contributed by atoms with Crippen LogP contribution in [0.15, 0.2) is 18.2 Å². The molecule has 120 valence electrons. The van der Waals surface area contributed by atoms with E-state index in [1.807, 2.05) is 27.7 Å². The molecule has 1 heterocycles. The molecule has 1 amide bonds. The Morgan fingerprint density at radius 1 is 1.27 bits per heavy atom. The molecule has 7 heteroatoms. The average molecular weight is 306 g/mol. The lowest BCUT2D eigenvalue weighted by Gasteiger charge is -2.32. The summed E-state index contributed by atoms with van der Waals surface area (Å²) in [6.07, 6.45) is -0.509. The molecule has 0 unspecified atom stereocenters. The number of nitrogens with one attached hydrogen (secondary N) is 1. The van der Waals surface area contributed by atoms with E-state index in [1.54, 1.807) is 25.1 Å². The molecule has 0 aromatic heterocycles. The third kappa shape index (κ3) is 3.20. The van der Waals surface area contributed by atoms with Gasteiger partial charge in [-0.15, -0.1) is 0 Å². The van der Waals surface area contributed by atoms with Crippen molar-refractivity contribution in [3.05, 3.63) is 18.2 Å². The van der Waals surface area contributed by atoms with Crippen molar-refractivity contribution in [2.75, 3.05) is 17.7 Å². The van der Waals surface area contributed by atoms with Crippen molar-refractivity contribution in [3.63, 3.8) is 0 Å². The van der Waals surface area contributed by atoms with Crippen LogP contribution in [-0.4, -0.2) is 31.0 Å². The lowest BCUT2D eigenvalue weighted by atomic mass is 9.78. The maximum atomic E-state index is 11.4. The number of nitrogens with two attached hydrogens (primary N) is 1. The smallest absolute Gasteiger partial charge is 0.450 e. The van der Waals surface area contributed by atoms with Gasteiger partial charge in [-0.2, -0.15) is 0 Å². The first kappa shape index (κ1) is 16.6. The normalized spacial score (nSPS) is 19.0. The summed E-state index contributed by atoms with van der Waals surface area (Å²) in [7, 11) is -0.526. The average Bonchev–Trinajstić information content (AvgIpc) is 2.58. The summed E-state index contributed by atoms with van der Waals surface area (Å²) in [5.74, 6) is 0. The molecule has 0 saturated carbocycles. The molecule has 22 heavy (non-hydrogen) atoms. The van der Waals surface area contributed by atoms with Gasteiger partial charge in [-0.3, -0.25) is 5.32 Å². The van der Waals surface area contributed by atoms with Gasteiger partial charge in [0.2, 0.25) is 0 Å². The Hall–Kier alpha value is -1.73. The zero-order valence-corrected chi connectivity index (χ0v) is 13.7. The van der Waals surface area contributed by atoms with Crippen LogP contribution < -0.4 is 16.5 Å². The van der Waals surface area contributed by atoms with E-state index in [9.17, 15) is 4.79 Å². The molecule has 0 bridgehead atoms. The maximum absolute atomic E-state index is 11.4. The second-order valence-electron chi connectivity index (χ2n) is 6.28. The second kappa shape index (κ2) is 5.81. The molecular weight excluding hydrogens is 283 g/mol. The van der Waals surface area contributed by atoms with Crippen molar-refractivity contribution in [1.82, 2.24) is 0 Å². The lowest BCUT2D eigenvalue weighted by Crippen LogP contribution is -2.41. The summed E-state index contributed by atoms with van der Waals surface area (Å²) in [6, 6.07) is 5.20. The molecule has 1 saturated heterocycles. The highest BCUT2D eigenvalue weighted by Crippen LogP contribution is 2.36. The molecule has 6 nitrogen and oxygen atoms in total. The van der Waals surface area contributed by atoms with E-state index in [1.165, 1.54) is 0 Å². The topological polar surface area (TPSA) is 82.8 Å². The SMILES string of the molecule is CCOC(=O)Nc1ccc(B2OC(C)(C)C(C)(C)O2)c(N)c1. The Labute approximate surface area is 131 Å². The minimum absolute atomic E-state index is 0.313. The van der Waals surface area contributed by atoms with E-state index in [0.717, 1.165) is 5.46 Å². The van der Waals surface area contributed by atoms with Crippen LogP contribution in [0.5, 0.6) is 0 Å². The van der Waals surface area contributed by atoms with Crippen molar-refractivity contribution in [2.24, 2.45) is 0 Å². The highest BCUT2D eigenvalue weighted by Gasteiger charge is 2.52. The fourth-order valence-electron chi connectivity index (χ4n) is 2.12. The Morgan fingerprint density at radius 2 is 1.86 bits per heavy atom. The second-order valence-corrected chi connectivity index (χ2v) is 6.28. The molecule has 1 fully saturated rings. The van der Waals surface area contributed by atoms with Gasteiger partial charge in [0.15, 0.2) is 0 Å². The van der Waals surface area contributed by atoms with Crippen LogP contribution in [0.1, 0.15) is 34.6 Å². The number of hydrogen-bond acceptors (Lipinski definition) is 5. The van der Waals surface area contributed by atoms with Crippen molar-refractivity contribution in [1.29, 1.82) is 0 Å². The maximum Gasteiger partial charge on any atom is 0.496 e. The van der Waals surface area contributed by atoms with E-state index in [-0.39, 0.29) is 0 Å². The minimum atomic E-state index is -0.526. The van der Waals surface area contributed by atoms with E-state index >= 15 is 0 Å². The van der Waals surface area contributed by atoms with Gasteiger partial charge in [0.25, 0.3) is 0 Å². The number of hydrogen-bond donors (Lipinski definition) is 2. The number of benzene rings is 1. The van der Waals surface area contributed by atoms with Gasteiger partial charge in [-0.25, -0.2) is 4.79 Å². The van der Waals surface area contributed by atoms with E-state index in [4.69, 9.17) is 19.8 Å². The Kier molecular flexibility index (Phi) is 4.40. The van der Waals surface area contributed by atoms with Gasteiger partial charge in [-0.05, 0) is 46.8 Å². The van der Waals surface area contributed by atoms with Crippen LogP contribution >= 0.6 is 0 Å². The molecule has 2 rings (SSSR count). The highest BCUT2D eigenvalue weighted by atomic mass is 16.7. The van der Waals surface area contributed by atoms with Gasteiger partial charge in [-0.1, -0.05) is 6.07 Å². The van der Waals surface area contributed by atoms with E-state index in [0.29, 0.717) is 18.0 Å². The van der Waals surface area contributed by atoms with Crippen molar-refractivity contribution in [3.8, 4) is 0 Å². The molecule has 1 aromatic rings. The Balaban J connectivity index is 2.16. The summed E-state index contributed by atoms with van der Waals surface area (Å²) in [5, 5.41) is 2.61. The number of carbonyl (C=O) groups is 1. The zero-order valence-electron chi connectivity index (χ0n) is 13.7. The largest absolute Gasteiger partial charge is 0.496 e. The molecule has 1 aliphatic rings. The molecule has 0 aliphatic carbocycles. The minimum Gasteiger partial charge on any atom is -0.450 e. The van der Waals surface area contributed by atoms with Gasteiger partial charge in [0, 0.05) is 16.8 Å². The van der Waals surface area contributed by atoms with Crippen molar-refractivity contribution in [2.45, 2.75) is 45.8 Å². The van der Waals surface area contributed by atoms with Gasteiger partial charge < -0.3 is 19.8 Å². The monoisotopic (exact) mass is 306 g/mol. The molecule has 0 atom stereocenters. The number of amides is 1. The van der Waals surface area contributed by atoms with Crippen LogP contribution in [0.4, 0.5) is 16.2 Å². The van der Waals surface area contributed by atoms with Crippen LogP contribution in [0.2, 0.25) is 0 Å². The standard InChI is InChI=1S/C15H23BN2O4/c1-6-20-13(19)18-10-7-8-11(12(17)9-10)16-21-14(2,3)15(4,5)22-16/h7-9H,6,17H2,1-5H3,(H,18,19). The third-order valence-electron chi connectivity index (χ3n) is 4.12. The molecule has 0 radical (unpaired) electrons. The Morgan fingerprint density at radius 3 is 2.36 bits per heavy atom. The summed E-state index contributed by atoms with van der Waals surface area (Å²) in [4.78, 5) is 11.4. The summed E-state index contributed by atoms with van der Waals surface area (Å²) >= 11 is 0. The van der Waals surface area contributed by atoms with Crippen molar-refractivity contribution >= 4 is 30.0 Å². The van der Waals surface area contributed by atoms with E-state index < -0.39 is 24.4 Å². The fourth-order valence-corrected chi connectivity index (χ4v) is 2.12. The van der Waals surface area contributed by atoms with Crippen LogP contribution in [0.3, 0.4) is 0 Å². The number of anilines is 2. The number of nitrogen functional groups attached to an aromatic ring is 1. The first-order valence-corrected chi connectivity index (χ1v) is 7.35. The van der Waals surface area contributed by atoms with Gasteiger partial charge >= 0.3 is 13.2 Å². The van der Waals surface area contributed by atoms with Crippen LogP contribution in [0.25, 0.3) is 0 Å². The lowest BCUT2D eigenvalue weighted by molar-refractivity contribution is 0.00578. The first-order valence-electron chi connectivity index (χ1n) is 7.35. The number of rotatable bonds is 3. The highest BCUT2D eigenvalue weighted by molar-refractivity contribution is 6.63. The molecule has 1 aromatic carbocycles. The Bertz CT molecular complexity index is 559. The third-order valence-corrected chi connectivity index (χ3v) is 4.12. The summed E-state index contributed by atoms with van der Waals surface area (Å²) in [6.45, 7) is 10.0. The fraction of sp³-hybridized carbons (Fsp3) is 0.533. The summed E-state index contributed by atoms with van der Waals surface area (Å²) < 4.78 is 16.8. The number of ether oxygens (including phenoxy) is 1. The van der Waals surface area contributed by atoms with Crippen LogP contribution in [0, 0.1) is 0 Å². The molecule has 3 N–H and O–H groups in total.